The number of amides is 2. The molecule has 0 rings (SSSR count). The Morgan fingerprint density at radius 3 is 2.26 bits per heavy atom. The summed E-state index contributed by atoms with van der Waals surface area (Å²) in [6.07, 6.45) is -0.689. The van der Waals surface area contributed by atoms with E-state index in [4.69, 9.17) is 15.9 Å². The lowest BCUT2D eigenvalue weighted by molar-refractivity contribution is 0.172. The highest BCUT2D eigenvalue weighted by Crippen LogP contribution is 2.30. The molecular weight excluding hydrogens is 250 g/mol. The van der Waals surface area contributed by atoms with Gasteiger partial charge in [0.1, 0.15) is 0 Å². The molecule has 0 aliphatic rings. The van der Waals surface area contributed by atoms with Crippen LogP contribution >= 0.6 is 0 Å². The molecule has 2 unspecified atom stereocenters. The van der Waals surface area contributed by atoms with Crippen LogP contribution in [0.15, 0.2) is 0 Å². The van der Waals surface area contributed by atoms with E-state index in [2.05, 4.69) is 10.6 Å². The minimum absolute atomic E-state index is 0.0240. The van der Waals surface area contributed by atoms with Crippen molar-refractivity contribution in [1.29, 1.82) is 0 Å². The quantitative estimate of drug-likeness (QED) is 0.456. The van der Waals surface area contributed by atoms with Crippen LogP contribution in [0.3, 0.4) is 0 Å². The van der Waals surface area contributed by atoms with E-state index in [-0.39, 0.29) is 17.4 Å². The largest absolute Gasteiger partial charge is 0.465 e. The maximum atomic E-state index is 10.6. The first-order valence-corrected chi connectivity index (χ1v) is 6.34. The first-order valence-electron chi connectivity index (χ1n) is 6.34. The fraction of sp³-hybridized carbons (Fsp3) is 0.833. The summed E-state index contributed by atoms with van der Waals surface area (Å²) < 4.78 is 0. The Balaban J connectivity index is 4.33. The highest BCUT2D eigenvalue weighted by atomic mass is 16.4. The van der Waals surface area contributed by atoms with E-state index in [0.717, 1.165) is 6.42 Å². The molecule has 0 radical (unpaired) electrons. The second-order valence-electron chi connectivity index (χ2n) is 5.58. The molecule has 0 saturated heterocycles. The lowest BCUT2D eigenvalue weighted by Crippen LogP contribution is -2.42. The van der Waals surface area contributed by atoms with Crippen LogP contribution in [0.25, 0.3) is 0 Å². The predicted octanol–water partition coefficient (Wildman–Crippen LogP) is 1.29. The van der Waals surface area contributed by atoms with Gasteiger partial charge < -0.3 is 26.6 Å². The molecule has 7 heteroatoms. The second-order valence-corrected chi connectivity index (χ2v) is 5.58. The average Bonchev–Trinajstić information content (AvgIpc) is 2.23. The molecule has 19 heavy (non-hydrogen) atoms. The van der Waals surface area contributed by atoms with E-state index in [1.165, 1.54) is 0 Å². The first kappa shape index (κ1) is 17.5. The highest BCUT2D eigenvalue weighted by molar-refractivity contribution is 5.64. The van der Waals surface area contributed by atoms with Crippen molar-refractivity contribution in [3.05, 3.63) is 0 Å². The van der Waals surface area contributed by atoms with Gasteiger partial charge in [-0.2, -0.15) is 0 Å². The molecule has 112 valence electrons. The Morgan fingerprint density at radius 2 is 1.84 bits per heavy atom. The van der Waals surface area contributed by atoms with Crippen molar-refractivity contribution in [1.82, 2.24) is 10.6 Å². The minimum atomic E-state index is -1.06. The van der Waals surface area contributed by atoms with E-state index in [1.807, 2.05) is 13.8 Å². The maximum absolute atomic E-state index is 10.6. The smallest absolute Gasteiger partial charge is 0.404 e. The second kappa shape index (κ2) is 7.83. The van der Waals surface area contributed by atoms with Crippen LogP contribution in [-0.4, -0.2) is 41.5 Å². The molecule has 0 saturated carbocycles. The SMILES string of the molecule is CC(NC(=O)O)C(CN)CC(C)(C)CCNC(=O)O. The van der Waals surface area contributed by atoms with Crippen LogP contribution < -0.4 is 16.4 Å². The molecule has 0 aliphatic carbocycles. The molecular formula is C12H25N3O4. The van der Waals surface area contributed by atoms with E-state index in [1.54, 1.807) is 6.92 Å². The molecule has 0 aromatic carbocycles. The van der Waals surface area contributed by atoms with Gasteiger partial charge in [-0.25, -0.2) is 9.59 Å². The number of carbonyl (C=O) groups is 2. The van der Waals surface area contributed by atoms with Crippen molar-refractivity contribution in [2.24, 2.45) is 17.1 Å². The number of rotatable bonds is 8. The Morgan fingerprint density at radius 1 is 1.26 bits per heavy atom. The van der Waals surface area contributed by atoms with E-state index >= 15 is 0 Å². The van der Waals surface area contributed by atoms with Crippen molar-refractivity contribution < 1.29 is 19.8 Å². The molecule has 2 atom stereocenters. The highest BCUT2D eigenvalue weighted by Gasteiger charge is 2.26. The Labute approximate surface area is 113 Å². The molecule has 0 aromatic heterocycles. The molecule has 0 heterocycles. The molecule has 0 aliphatic heterocycles. The molecule has 2 amide bonds. The van der Waals surface area contributed by atoms with Crippen molar-refractivity contribution >= 4 is 12.2 Å². The molecule has 6 N–H and O–H groups in total. The molecule has 0 bridgehead atoms. The van der Waals surface area contributed by atoms with Crippen LogP contribution in [0.1, 0.15) is 33.6 Å². The van der Waals surface area contributed by atoms with Gasteiger partial charge in [-0.3, -0.25) is 0 Å². The van der Waals surface area contributed by atoms with Gasteiger partial charge in [-0.1, -0.05) is 13.8 Å². The Kier molecular flexibility index (Phi) is 7.21. The third-order valence-electron chi connectivity index (χ3n) is 3.25. The summed E-state index contributed by atoms with van der Waals surface area (Å²) in [5, 5.41) is 22.0. The van der Waals surface area contributed by atoms with Crippen molar-refractivity contribution in [3.8, 4) is 0 Å². The predicted molar refractivity (Wildman–Crippen MR) is 72.2 cm³/mol. The van der Waals surface area contributed by atoms with Crippen molar-refractivity contribution in [2.45, 2.75) is 39.7 Å². The van der Waals surface area contributed by atoms with E-state index in [9.17, 15) is 9.59 Å². The van der Waals surface area contributed by atoms with Crippen LogP contribution in [-0.2, 0) is 0 Å². The summed E-state index contributed by atoms with van der Waals surface area (Å²) in [5.41, 5.74) is 5.58. The number of hydrogen-bond acceptors (Lipinski definition) is 3. The van der Waals surface area contributed by atoms with E-state index < -0.39 is 12.2 Å². The Hall–Kier alpha value is -1.50. The molecule has 0 fully saturated rings. The van der Waals surface area contributed by atoms with Crippen LogP contribution in [0, 0.1) is 11.3 Å². The summed E-state index contributed by atoms with van der Waals surface area (Å²) >= 11 is 0. The number of hydrogen-bond donors (Lipinski definition) is 5. The third-order valence-corrected chi connectivity index (χ3v) is 3.25. The van der Waals surface area contributed by atoms with Gasteiger partial charge in [-0.05, 0) is 37.6 Å². The fourth-order valence-corrected chi connectivity index (χ4v) is 2.10. The van der Waals surface area contributed by atoms with Gasteiger partial charge in [-0.15, -0.1) is 0 Å². The third kappa shape index (κ3) is 8.25. The number of nitrogens with one attached hydrogen (secondary N) is 2. The van der Waals surface area contributed by atoms with Gasteiger partial charge in [0.05, 0.1) is 0 Å². The number of nitrogens with two attached hydrogens (primary N) is 1. The Bertz CT molecular complexity index is 307. The molecule has 7 nitrogen and oxygen atoms in total. The number of carboxylic acid groups (broad SMARTS) is 2. The van der Waals surface area contributed by atoms with Crippen LogP contribution in [0.4, 0.5) is 9.59 Å². The summed E-state index contributed by atoms with van der Waals surface area (Å²) in [4.78, 5) is 21.0. The van der Waals surface area contributed by atoms with Gasteiger partial charge >= 0.3 is 12.2 Å². The van der Waals surface area contributed by atoms with Crippen LogP contribution in [0.2, 0.25) is 0 Å². The summed E-state index contributed by atoms with van der Waals surface area (Å²) in [6, 6.07) is -0.228. The van der Waals surface area contributed by atoms with E-state index in [0.29, 0.717) is 19.5 Å². The topological polar surface area (TPSA) is 125 Å². The van der Waals surface area contributed by atoms with Crippen molar-refractivity contribution in [2.75, 3.05) is 13.1 Å². The normalized spacial score (nSPS) is 14.5. The minimum Gasteiger partial charge on any atom is -0.465 e. The van der Waals surface area contributed by atoms with Crippen molar-refractivity contribution in [3.63, 3.8) is 0 Å². The van der Waals surface area contributed by atoms with Crippen LogP contribution in [0.5, 0.6) is 0 Å². The maximum Gasteiger partial charge on any atom is 0.404 e. The zero-order valence-corrected chi connectivity index (χ0v) is 11.8. The van der Waals surface area contributed by atoms with Gasteiger partial charge in [0.25, 0.3) is 0 Å². The standard InChI is InChI=1S/C12H25N3O4/c1-8(15-11(18)19)9(7-13)6-12(2,3)4-5-14-10(16)17/h8-9,14-15H,4-7,13H2,1-3H3,(H,16,17)(H,18,19). The average molecular weight is 275 g/mol. The summed E-state index contributed by atoms with van der Waals surface area (Å²) in [6.45, 7) is 6.59. The summed E-state index contributed by atoms with van der Waals surface area (Å²) in [5.74, 6) is 0.0240. The summed E-state index contributed by atoms with van der Waals surface area (Å²) in [7, 11) is 0. The lowest BCUT2D eigenvalue weighted by Gasteiger charge is -2.32. The van der Waals surface area contributed by atoms with Gasteiger partial charge in [0.2, 0.25) is 0 Å². The zero-order valence-electron chi connectivity index (χ0n) is 11.8. The molecule has 0 aromatic rings. The fourth-order valence-electron chi connectivity index (χ4n) is 2.10. The first-order chi connectivity index (χ1) is 8.68. The monoisotopic (exact) mass is 275 g/mol. The van der Waals surface area contributed by atoms with Gasteiger partial charge in [0, 0.05) is 12.6 Å². The van der Waals surface area contributed by atoms with Gasteiger partial charge in [0.15, 0.2) is 0 Å². The molecule has 0 spiro atoms. The zero-order chi connectivity index (χ0) is 15.1. The lowest BCUT2D eigenvalue weighted by atomic mass is 9.78.